The first-order chi connectivity index (χ1) is 6.13. The number of carbonyl (C=O) groups is 1. The fourth-order valence-corrected chi connectivity index (χ4v) is 1.26. The Morgan fingerprint density at radius 3 is 3.08 bits per heavy atom. The van der Waals surface area contributed by atoms with E-state index in [0.29, 0.717) is 0 Å². The molecule has 5 nitrogen and oxygen atoms in total. The number of carboxylic acid groups (broad SMARTS) is 1. The van der Waals surface area contributed by atoms with Gasteiger partial charge in [0.25, 0.3) is 0 Å². The molecule has 0 bridgehead atoms. The fraction of sp³-hybridized carbons (Fsp3) is 0.429. The van der Waals surface area contributed by atoms with Crippen LogP contribution in [0.25, 0.3) is 0 Å². The molecule has 1 rings (SSSR count). The summed E-state index contributed by atoms with van der Waals surface area (Å²) in [5.41, 5.74) is 6.09. The largest absolute Gasteiger partial charge is 0.480 e. The fourth-order valence-electron chi connectivity index (χ4n) is 0.870. The molecule has 0 aliphatic heterocycles. The van der Waals surface area contributed by atoms with Gasteiger partial charge in [0, 0.05) is 18.3 Å². The molecule has 6 heteroatoms. The second-order valence-corrected chi connectivity index (χ2v) is 3.36. The Hall–Kier alpha value is -1.01. The highest BCUT2D eigenvalue weighted by atomic mass is 32.2. The van der Waals surface area contributed by atoms with Crippen LogP contribution in [0.5, 0.6) is 0 Å². The zero-order valence-electron chi connectivity index (χ0n) is 7.15. The van der Waals surface area contributed by atoms with Crippen molar-refractivity contribution in [2.24, 2.45) is 5.73 Å². The minimum absolute atomic E-state index is 0.281. The second kappa shape index (κ2) is 4.29. The van der Waals surface area contributed by atoms with E-state index < -0.39 is 12.0 Å². The van der Waals surface area contributed by atoms with Crippen LogP contribution >= 0.6 is 11.8 Å². The number of hydrogen-bond donors (Lipinski definition) is 3. The molecule has 1 atom stereocenters. The average Bonchev–Trinajstić information content (AvgIpc) is 2.52. The summed E-state index contributed by atoms with van der Waals surface area (Å²) in [4.78, 5) is 17.4. The predicted molar refractivity (Wildman–Crippen MR) is 49.7 cm³/mol. The van der Waals surface area contributed by atoms with Crippen molar-refractivity contribution < 1.29 is 9.90 Å². The molecule has 0 aromatic carbocycles. The summed E-state index contributed by atoms with van der Waals surface area (Å²) in [6.45, 7) is 0. The van der Waals surface area contributed by atoms with Gasteiger partial charge in [0.05, 0.1) is 0 Å². The Balaban J connectivity index is 2.58. The monoisotopic (exact) mass is 201 g/mol. The molecule has 0 saturated carbocycles. The number of carboxylic acids is 1. The Kier molecular flexibility index (Phi) is 3.32. The minimum atomic E-state index is -1.000. The maximum atomic E-state index is 10.4. The number of rotatable bonds is 4. The van der Waals surface area contributed by atoms with E-state index in [-0.39, 0.29) is 6.42 Å². The van der Waals surface area contributed by atoms with Crippen LogP contribution in [0.4, 0.5) is 0 Å². The molecule has 13 heavy (non-hydrogen) atoms. The quantitative estimate of drug-likeness (QED) is 0.600. The molecule has 4 N–H and O–H groups in total. The van der Waals surface area contributed by atoms with E-state index in [1.165, 1.54) is 11.8 Å². The van der Waals surface area contributed by atoms with Gasteiger partial charge >= 0.3 is 5.97 Å². The zero-order chi connectivity index (χ0) is 9.84. The number of thioether (sulfide) groups is 1. The van der Waals surface area contributed by atoms with Crippen LogP contribution in [0.15, 0.2) is 11.4 Å². The van der Waals surface area contributed by atoms with Crippen molar-refractivity contribution in [2.45, 2.75) is 17.6 Å². The zero-order valence-corrected chi connectivity index (χ0v) is 7.97. The van der Waals surface area contributed by atoms with E-state index in [4.69, 9.17) is 10.8 Å². The third-order valence-corrected chi connectivity index (χ3v) is 2.15. The average molecular weight is 201 g/mol. The number of imidazole rings is 1. The Morgan fingerprint density at radius 2 is 2.62 bits per heavy atom. The molecule has 0 aliphatic rings. The highest BCUT2D eigenvalue weighted by Crippen LogP contribution is 2.09. The third kappa shape index (κ3) is 2.74. The van der Waals surface area contributed by atoms with Crippen molar-refractivity contribution in [1.29, 1.82) is 0 Å². The van der Waals surface area contributed by atoms with Crippen LogP contribution in [0, 0.1) is 0 Å². The summed E-state index contributed by atoms with van der Waals surface area (Å²) in [6.07, 6.45) is 3.78. The highest BCUT2D eigenvalue weighted by molar-refractivity contribution is 7.98. The smallest absolute Gasteiger partial charge is 0.320 e. The van der Waals surface area contributed by atoms with Gasteiger partial charge in [0.2, 0.25) is 0 Å². The van der Waals surface area contributed by atoms with Gasteiger partial charge in [0.1, 0.15) is 6.04 Å². The molecule has 0 aliphatic carbocycles. The molecule has 0 unspecified atom stereocenters. The van der Waals surface area contributed by atoms with E-state index in [1.54, 1.807) is 6.20 Å². The van der Waals surface area contributed by atoms with E-state index in [9.17, 15) is 4.79 Å². The Bertz CT molecular complexity index is 300. The maximum Gasteiger partial charge on any atom is 0.320 e. The van der Waals surface area contributed by atoms with Crippen molar-refractivity contribution in [2.75, 3.05) is 6.26 Å². The summed E-state index contributed by atoms with van der Waals surface area (Å²) in [6, 6.07) is -0.866. The van der Waals surface area contributed by atoms with Gasteiger partial charge < -0.3 is 15.8 Å². The predicted octanol–water partition coefficient (Wildman–Crippen LogP) is 0.0860. The van der Waals surface area contributed by atoms with Crippen LogP contribution in [-0.2, 0) is 11.2 Å². The van der Waals surface area contributed by atoms with Gasteiger partial charge in [-0.1, -0.05) is 11.8 Å². The standard InChI is InChI=1S/C7H11N3O2S/c1-13-7-9-3-4(10-7)2-5(8)6(11)12/h3,5H,2,8H2,1H3,(H,9,10)(H,11,12)/t5-/m0/s1. The highest BCUT2D eigenvalue weighted by Gasteiger charge is 2.13. The Morgan fingerprint density at radius 1 is 1.92 bits per heavy atom. The summed E-state index contributed by atoms with van der Waals surface area (Å²) in [5, 5.41) is 9.31. The van der Waals surface area contributed by atoms with E-state index in [0.717, 1.165) is 10.9 Å². The lowest BCUT2D eigenvalue weighted by molar-refractivity contribution is -0.138. The topological polar surface area (TPSA) is 92.0 Å². The van der Waals surface area contributed by atoms with E-state index in [1.807, 2.05) is 6.26 Å². The van der Waals surface area contributed by atoms with Crippen LogP contribution in [0.3, 0.4) is 0 Å². The first kappa shape index (κ1) is 10.1. The molecule has 0 fully saturated rings. The molecule has 0 radical (unpaired) electrons. The van der Waals surface area contributed by atoms with Crippen molar-refractivity contribution in [3.8, 4) is 0 Å². The lowest BCUT2D eigenvalue weighted by Crippen LogP contribution is -2.32. The van der Waals surface area contributed by atoms with E-state index in [2.05, 4.69) is 9.97 Å². The number of nitrogens with one attached hydrogen (secondary N) is 1. The molecule has 0 spiro atoms. The molecule has 0 saturated heterocycles. The lowest BCUT2D eigenvalue weighted by atomic mass is 10.2. The summed E-state index contributed by atoms with van der Waals surface area (Å²) < 4.78 is 0. The van der Waals surface area contributed by atoms with Crippen LogP contribution in [-0.4, -0.2) is 33.3 Å². The number of aliphatic carboxylic acids is 1. The maximum absolute atomic E-state index is 10.4. The number of nitrogens with zero attached hydrogens (tertiary/aromatic N) is 1. The molecule has 1 aromatic rings. The van der Waals surface area contributed by atoms with Gasteiger partial charge in [-0.3, -0.25) is 4.79 Å². The summed E-state index contributed by atoms with van der Waals surface area (Å²) in [5.74, 6) is -1.000. The van der Waals surface area contributed by atoms with Crippen molar-refractivity contribution in [3.63, 3.8) is 0 Å². The molecular weight excluding hydrogens is 190 g/mol. The normalized spacial score (nSPS) is 12.8. The van der Waals surface area contributed by atoms with Crippen molar-refractivity contribution >= 4 is 17.7 Å². The number of nitrogens with two attached hydrogens (primary N) is 1. The van der Waals surface area contributed by atoms with E-state index >= 15 is 0 Å². The third-order valence-electron chi connectivity index (χ3n) is 1.56. The molecule has 1 aromatic heterocycles. The number of aromatic nitrogens is 2. The van der Waals surface area contributed by atoms with Gasteiger partial charge in [-0.05, 0) is 6.26 Å². The summed E-state index contributed by atoms with van der Waals surface area (Å²) in [7, 11) is 0. The van der Waals surface area contributed by atoms with Gasteiger partial charge in [-0.2, -0.15) is 0 Å². The number of aromatic amines is 1. The van der Waals surface area contributed by atoms with Crippen molar-refractivity contribution in [3.05, 3.63) is 11.9 Å². The minimum Gasteiger partial charge on any atom is -0.480 e. The SMILES string of the molecule is CSc1ncc(C[C@H](N)C(=O)O)[nH]1. The first-order valence-corrected chi connectivity index (χ1v) is 4.92. The summed E-state index contributed by atoms with van der Waals surface area (Å²) >= 11 is 1.47. The Labute approximate surface area is 79.7 Å². The van der Waals surface area contributed by atoms with Gasteiger partial charge in [-0.25, -0.2) is 4.98 Å². The molecule has 0 amide bonds. The first-order valence-electron chi connectivity index (χ1n) is 3.69. The lowest BCUT2D eigenvalue weighted by Gasteiger charge is -2.02. The van der Waals surface area contributed by atoms with Crippen LogP contribution < -0.4 is 5.73 Å². The number of hydrogen-bond acceptors (Lipinski definition) is 4. The molecule has 72 valence electrons. The van der Waals surface area contributed by atoms with Gasteiger partial charge in [-0.15, -0.1) is 0 Å². The van der Waals surface area contributed by atoms with Gasteiger partial charge in [0.15, 0.2) is 5.16 Å². The number of H-pyrrole nitrogens is 1. The second-order valence-electron chi connectivity index (χ2n) is 2.57. The van der Waals surface area contributed by atoms with Crippen LogP contribution in [0.2, 0.25) is 0 Å². The van der Waals surface area contributed by atoms with Crippen molar-refractivity contribution in [1.82, 2.24) is 9.97 Å². The molecule has 1 heterocycles. The molecular formula is C7H11N3O2S. The van der Waals surface area contributed by atoms with Crippen LogP contribution in [0.1, 0.15) is 5.69 Å².